The van der Waals surface area contributed by atoms with E-state index in [1.165, 1.54) is 19.8 Å². The molecule has 2 aliphatic carbocycles. The molecule has 9 heteroatoms. The predicted molar refractivity (Wildman–Crippen MR) is 175 cm³/mol. The summed E-state index contributed by atoms with van der Waals surface area (Å²) >= 11 is 0. The summed E-state index contributed by atoms with van der Waals surface area (Å²) < 4.78 is 24.2. The van der Waals surface area contributed by atoms with Crippen molar-refractivity contribution < 1.29 is 34.3 Å². The molecule has 0 spiro atoms. The van der Waals surface area contributed by atoms with Gasteiger partial charge in [0.2, 0.25) is 5.75 Å². The van der Waals surface area contributed by atoms with Gasteiger partial charge in [-0.1, -0.05) is 41.0 Å². The van der Waals surface area contributed by atoms with Gasteiger partial charge in [-0.2, -0.15) is 0 Å². The van der Waals surface area contributed by atoms with Crippen LogP contribution in [0.4, 0.5) is 0 Å². The molecule has 2 aliphatic heterocycles. The van der Waals surface area contributed by atoms with Crippen molar-refractivity contribution in [3.63, 3.8) is 0 Å². The summed E-state index contributed by atoms with van der Waals surface area (Å²) in [7, 11) is 8.54. The Balaban J connectivity index is 1.47. The lowest BCUT2D eigenvalue weighted by atomic mass is 9.64. The van der Waals surface area contributed by atoms with E-state index in [-0.39, 0.29) is 40.1 Å². The summed E-state index contributed by atoms with van der Waals surface area (Å²) in [6.07, 6.45) is 4.69. The van der Waals surface area contributed by atoms with Gasteiger partial charge in [0, 0.05) is 39.7 Å². The summed E-state index contributed by atoms with van der Waals surface area (Å²) in [5.74, 6) is 3.93. The van der Waals surface area contributed by atoms with Gasteiger partial charge >= 0.3 is 0 Å². The van der Waals surface area contributed by atoms with E-state index in [4.69, 9.17) is 18.9 Å². The fourth-order valence-corrected chi connectivity index (χ4v) is 11.2. The summed E-state index contributed by atoms with van der Waals surface area (Å²) in [6, 6.07) is 11.2. The highest BCUT2D eigenvalue weighted by Gasteiger charge is 2.58. The SMILES string of the molecule is COc1cc([C@@]23CC[C@@H]4SSCC[C@@H](C)CC[C@@H]5Cc6c(c(OC)cc(c6[C@@H]4[C@H]2O)O3)-c2ccc(O)cc25)cc(OC)c1O. The van der Waals surface area contributed by atoms with E-state index in [2.05, 4.69) is 6.92 Å². The molecular formula is C35H40O7S2. The number of hydrogen-bond acceptors (Lipinski definition) is 9. The Labute approximate surface area is 266 Å². The van der Waals surface area contributed by atoms with Gasteiger partial charge in [-0.3, -0.25) is 0 Å². The molecule has 0 radical (unpaired) electrons. The minimum absolute atomic E-state index is 0.0794. The van der Waals surface area contributed by atoms with Gasteiger partial charge in [0.05, 0.1) is 21.3 Å². The van der Waals surface area contributed by atoms with Gasteiger partial charge in [-0.05, 0) is 84.9 Å². The minimum atomic E-state index is -1.06. The number of methoxy groups -OCH3 is 3. The smallest absolute Gasteiger partial charge is 0.200 e. The zero-order chi connectivity index (χ0) is 30.7. The van der Waals surface area contributed by atoms with E-state index in [0.29, 0.717) is 17.9 Å². The Morgan fingerprint density at radius 2 is 1.66 bits per heavy atom. The molecule has 3 aromatic rings. The van der Waals surface area contributed by atoms with E-state index >= 15 is 0 Å². The Bertz CT molecular complexity index is 1570. The number of phenolic OH excluding ortho intramolecular Hbond substituents is 2. The van der Waals surface area contributed by atoms with E-state index in [1.807, 2.05) is 39.8 Å². The normalized spacial score (nSPS) is 28.9. The molecule has 3 N–H and O–H groups in total. The van der Waals surface area contributed by atoms with Gasteiger partial charge in [-0.25, -0.2) is 0 Å². The number of aromatic hydroxyl groups is 2. The zero-order valence-corrected chi connectivity index (χ0v) is 27.2. The lowest BCUT2D eigenvalue weighted by Crippen LogP contribution is -2.56. The first kappa shape index (κ1) is 29.8. The van der Waals surface area contributed by atoms with Crippen LogP contribution in [-0.4, -0.2) is 53.8 Å². The molecule has 0 saturated heterocycles. The van der Waals surface area contributed by atoms with Crippen molar-refractivity contribution in [2.24, 2.45) is 5.92 Å². The van der Waals surface area contributed by atoms with Crippen LogP contribution in [-0.2, 0) is 12.0 Å². The van der Waals surface area contributed by atoms with Gasteiger partial charge < -0.3 is 34.3 Å². The van der Waals surface area contributed by atoms with Gasteiger partial charge in [0.15, 0.2) is 17.1 Å². The number of fused-ring (bicyclic) bond motifs is 5. The lowest BCUT2D eigenvalue weighted by molar-refractivity contribution is -0.111. The van der Waals surface area contributed by atoms with Crippen molar-refractivity contribution >= 4 is 21.6 Å². The van der Waals surface area contributed by atoms with Gasteiger partial charge in [0.1, 0.15) is 23.4 Å². The molecule has 1 saturated carbocycles. The second-order valence-electron chi connectivity index (χ2n) is 12.7. The largest absolute Gasteiger partial charge is 0.508 e. The summed E-state index contributed by atoms with van der Waals surface area (Å²) in [6.45, 7) is 2.35. The fraction of sp³-hybridized carbons (Fsp3) is 0.486. The Morgan fingerprint density at radius 1 is 0.909 bits per heavy atom. The van der Waals surface area contributed by atoms with Crippen LogP contribution >= 0.6 is 21.6 Å². The number of ether oxygens (including phenoxy) is 4. The fourth-order valence-electron chi connectivity index (χ4n) is 8.01. The van der Waals surface area contributed by atoms with Gasteiger partial charge in [0.25, 0.3) is 0 Å². The quantitative estimate of drug-likeness (QED) is 0.251. The van der Waals surface area contributed by atoms with Crippen molar-refractivity contribution in [3.8, 4) is 45.6 Å². The van der Waals surface area contributed by atoms with Crippen molar-refractivity contribution in [2.75, 3.05) is 27.1 Å². The number of hydrogen-bond donors (Lipinski definition) is 3. The standard InChI is InChI=1S/C35H40O7S2/c1-18-5-6-19-13-24-30(22-8-7-21(36)16-23(19)22)25(39-2)17-26-31(24)32-29(44-43-12-10-18)9-11-35(42-26,34(32)38)20-14-27(40-3)33(37)28(15-20)41-4/h7-8,14-19,29,32,34,36-38H,5-6,9-13H2,1-4H3/t18-,19+,29-,32+,34+,35-/m0/s1. The molecule has 0 unspecified atom stereocenters. The summed E-state index contributed by atoms with van der Waals surface area (Å²) in [5, 5.41) is 34.0. The lowest BCUT2D eigenvalue weighted by Gasteiger charge is -2.53. The Morgan fingerprint density at radius 3 is 2.39 bits per heavy atom. The molecule has 44 heavy (non-hydrogen) atoms. The highest BCUT2D eigenvalue weighted by atomic mass is 33.1. The summed E-state index contributed by atoms with van der Waals surface area (Å²) in [4.78, 5) is 0. The number of benzene rings is 3. The molecular weight excluding hydrogens is 597 g/mol. The average molecular weight is 637 g/mol. The Hall–Kier alpha value is -2.88. The van der Waals surface area contributed by atoms with Gasteiger partial charge in [-0.15, -0.1) is 0 Å². The first-order valence-corrected chi connectivity index (χ1v) is 17.9. The molecule has 2 heterocycles. The van der Waals surface area contributed by atoms with E-state index in [1.54, 1.807) is 25.3 Å². The number of aliphatic hydroxyl groups excluding tert-OH is 1. The number of phenols is 2. The van der Waals surface area contributed by atoms with Crippen LogP contribution in [0, 0.1) is 5.92 Å². The molecule has 6 atom stereocenters. The molecule has 0 aromatic heterocycles. The number of aliphatic hydroxyl groups is 1. The zero-order valence-electron chi connectivity index (χ0n) is 25.6. The van der Waals surface area contributed by atoms with E-state index < -0.39 is 11.7 Å². The number of rotatable bonds is 4. The molecule has 7 rings (SSSR count). The van der Waals surface area contributed by atoms with E-state index in [9.17, 15) is 15.3 Å². The molecule has 7 nitrogen and oxygen atoms in total. The maximum absolute atomic E-state index is 12.5. The Kier molecular flexibility index (Phi) is 7.78. The molecule has 4 bridgehead atoms. The maximum Gasteiger partial charge on any atom is 0.200 e. The maximum atomic E-state index is 12.5. The highest BCUT2D eigenvalue weighted by molar-refractivity contribution is 8.76. The van der Waals surface area contributed by atoms with Crippen LogP contribution in [0.25, 0.3) is 11.1 Å². The second kappa shape index (κ2) is 11.5. The minimum Gasteiger partial charge on any atom is -0.508 e. The third kappa shape index (κ3) is 4.60. The first-order valence-electron chi connectivity index (χ1n) is 15.5. The molecule has 3 aromatic carbocycles. The van der Waals surface area contributed by atoms with Crippen LogP contribution in [0.2, 0.25) is 0 Å². The van der Waals surface area contributed by atoms with E-state index in [0.717, 1.165) is 71.6 Å². The third-order valence-corrected chi connectivity index (χ3v) is 13.3. The first-order chi connectivity index (χ1) is 21.3. The molecule has 1 fully saturated rings. The van der Waals surface area contributed by atoms with Crippen LogP contribution in [0.5, 0.6) is 34.5 Å². The molecule has 234 valence electrons. The van der Waals surface area contributed by atoms with Crippen LogP contribution < -0.4 is 18.9 Å². The monoisotopic (exact) mass is 636 g/mol. The second-order valence-corrected chi connectivity index (χ2v) is 15.4. The van der Waals surface area contributed by atoms with Crippen LogP contribution in [0.1, 0.15) is 73.1 Å². The highest BCUT2D eigenvalue weighted by Crippen LogP contribution is 2.62. The average Bonchev–Trinajstić information content (AvgIpc) is 3.03. The molecule has 0 amide bonds. The third-order valence-electron chi connectivity index (χ3n) is 10.3. The predicted octanol–water partition coefficient (Wildman–Crippen LogP) is 7.53. The molecule has 4 aliphatic rings. The van der Waals surface area contributed by atoms with Crippen molar-refractivity contribution in [1.29, 1.82) is 0 Å². The van der Waals surface area contributed by atoms with Crippen molar-refractivity contribution in [2.45, 2.75) is 74.2 Å². The van der Waals surface area contributed by atoms with Crippen molar-refractivity contribution in [1.82, 2.24) is 0 Å². The van der Waals surface area contributed by atoms with Crippen LogP contribution in [0.15, 0.2) is 36.4 Å². The van der Waals surface area contributed by atoms with Crippen molar-refractivity contribution in [3.05, 3.63) is 58.7 Å². The topological polar surface area (TPSA) is 97.6 Å². The van der Waals surface area contributed by atoms with Crippen LogP contribution in [0.3, 0.4) is 0 Å². The summed E-state index contributed by atoms with van der Waals surface area (Å²) in [5.41, 5.74) is 5.21.